The number of pyridine rings is 1. The lowest BCUT2D eigenvalue weighted by Gasteiger charge is -2.33. The minimum atomic E-state index is -3.34. The van der Waals surface area contributed by atoms with Crippen molar-refractivity contribution in [1.82, 2.24) is 14.6 Å². The van der Waals surface area contributed by atoms with Crippen molar-refractivity contribution in [3.63, 3.8) is 0 Å². The number of nitrogens with one attached hydrogen (secondary N) is 1. The Labute approximate surface area is 174 Å². The Bertz CT molecular complexity index is 1060. The fraction of sp³-hybridized carbons (Fsp3) is 0.429. The molecule has 1 saturated carbocycles. The van der Waals surface area contributed by atoms with Gasteiger partial charge in [0.05, 0.1) is 17.5 Å². The number of carbonyl (C=O) groups is 1. The predicted octanol–water partition coefficient (Wildman–Crippen LogP) is 2.67. The molecule has 0 unspecified atom stereocenters. The third-order valence-electron chi connectivity index (χ3n) is 5.64. The van der Waals surface area contributed by atoms with Crippen LogP contribution in [0.5, 0.6) is 0 Å². The van der Waals surface area contributed by atoms with Gasteiger partial charge < -0.3 is 4.90 Å². The number of halogens is 2. The van der Waals surface area contributed by atoms with Crippen molar-refractivity contribution >= 4 is 15.9 Å². The summed E-state index contributed by atoms with van der Waals surface area (Å²) in [4.78, 5) is 19.0. The Hall–Kier alpha value is -2.39. The summed E-state index contributed by atoms with van der Waals surface area (Å²) in [6, 6.07) is 6.66. The number of rotatable bonds is 5. The Balaban J connectivity index is 1.52. The summed E-state index contributed by atoms with van der Waals surface area (Å²) >= 11 is 0. The summed E-state index contributed by atoms with van der Waals surface area (Å²) in [6.45, 7) is 0.896. The molecule has 4 rings (SSSR count). The SMILES string of the molecule is CS(=O)(=O)N[C@H]1CCCN(C(=O)[C@@H]2C[C@H]2c2ncccc2-c2c(F)cccc2F)C1. The zero-order valence-electron chi connectivity index (χ0n) is 16.5. The van der Waals surface area contributed by atoms with Crippen molar-refractivity contribution in [2.75, 3.05) is 19.3 Å². The zero-order valence-corrected chi connectivity index (χ0v) is 17.3. The molecule has 2 heterocycles. The molecule has 1 aromatic carbocycles. The Morgan fingerprint density at radius 3 is 2.63 bits per heavy atom. The normalized spacial score (nSPS) is 24.0. The number of benzene rings is 1. The lowest BCUT2D eigenvalue weighted by atomic mass is 9.99. The highest BCUT2D eigenvalue weighted by Gasteiger charge is 2.48. The number of sulfonamides is 1. The number of hydrogen-bond donors (Lipinski definition) is 1. The molecule has 1 N–H and O–H groups in total. The van der Waals surface area contributed by atoms with Crippen LogP contribution in [0, 0.1) is 17.6 Å². The Morgan fingerprint density at radius 2 is 1.93 bits per heavy atom. The van der Waals surface area contributed by atoms with Gasteiger partial charge in [0.2, 0.25) is 15.9 Å². The maximum Gasteiger partial charge on any atom is 0.226 e. The van der Waals surface area contributed by atoms with E-state index in [1.807, 2.05) is 0 Å². The molecule has 6 nitrogen and oxygen atoms in total. The van der Waals surface area contributed by atoms with E-state index in [1.165, 1.54) is 18.2 Å². The van der Waals surface area contributed by atoms with E-state index in [2.05, 4.69) is 9.71 Å². The summed E-state index contributed by atoms with van der Waals surface area (Å²) in [6.07, 6.45) is 4.62. The molecule has 2 fully saturated rings. The molecule has 30 heavy (non-hydrogen) atoms. The first-order valence-electron chi connectivity index (χ1n) is 9.90. The zero-order chi connectivity index (χ0) is 21.5. The average Bonchev–Trinajstić information content (AvgIpc) is 3.47. The minimum Gasteiger partial charge on any atom is -0.341 e. The number of carbonyl (C=O) groups excluding carboxylic acids is 1. The second kappa shape index (κ2) is 8.03. The average molecular weight is 435 g/mol. The van der Waals surface area contributed by atoms with Gasteiger partial charge in [0.1, 0.15) is 11.6 Å². The second-order valence-electron chi connectivity index (χ2n) is 7.99. The van der Waals surface area contributed by atoms with Crippen LogP contribution in [0.3, 0.4) is 0 Å². The predicted molar refractivity (Wildman–Crippen MR) is 108 cm³/mol. The van der Waals surface area contributed by atoms with E-state index in [9.17, 15) is 22.0 Å². The lowest BCUT2D eigenvalue weighted by molar-refractivity contribution is -0.133. The standard InChI is InChI=1S/C21H23F2N3O3S/c1-30(28,29)25-13-5-4-10-26(12-13)21(27)16-11-15(16)20-14(6-3-9-24-20)19-17(22)7-2-8-18(19)23/h2-3,6-9,13,15-16,25H,4-5,10-12H2,1H3/t13-,15+,16+/m0/s1. The van der Waals surface area contributed by atoms with Gasteiger partial charge in [0.15, 0.2) is 0 Å². The maximum absolute atomic E-state index is 14.3. The molecule has 1 aliphatic carbocycles. The first-order valence-corrected chi connectivity index (χ1v) is 11.8. The smallest absolute Gasteiger partial charge is 0.226 e. The van der Waals surface area contributed by atoms with Gasteiger partial charge in [-0.1, -0.05) is 12.1 Å². The fourth-order valence-corrected chi connectivity index (χ4v) is 5.06. The molecule has 9 heteroatoms. The highest BCUT2D eigenvalue weighted by atomic mass is 32.2. The van der Waals surface area contributed by atoms with Gasteiger partial charge in [0, 0.05) is 42.7 Å². The van der Waals surface area contributed by atoms with Crippen LogP contribution in [0.4, 0.5) is 8.78 Å². The second-order valence-corrected chi connectivity index (χ2v) is 9.78. The van der Waals surface area contributed by atoms with E-state index >= 15 is 0 Å². The number of hydrogen-bond acceptors (Lipinski definition) is 4. The molecule has 3 atom stereocenters. The third kappa shape index (κ3) is 4.37. The van der Waals surface area contributed by atoms with E-state index in [0.717, 1.165) is 6.26 Å². The Morgan fingerprint density at radius 1 is 1.20 bits per heavy atom. The minimum absolute atomic E-state index is 0.0643. The number of aromatic nitrogens is 1. The van der Waals surface area contributed by atoms with E-state index in [1.54, 1.807) is 23.2 Å². The number of amides is 1. The molecule has 1 saturated heterocycles. The van der Waals surface area contributed by atoms with E-state index in [4.69, 9.17) is 0 Å². The van der Waals surface area contributed by atoms with Crippen LogP contribution in [-0.2, 0) is 14.8 Å². The van der Waals surface area contributed by atoms with Crippen LogP contribution in [0.25, 0.3) is 11.1 Å². The van der Waals surface area contributed by atoms with Crippen LogP contribution in [0.15, 0.2) is 36.5 Å². The van der Waals surface area contributed by atoms with Crippen LogP contribution in [-0.4, -0.2) is 49.6 Å². The molecule has 0 bridgehead atoms. The molecular formula is C21H23F2N3O3S. The lowest BCUT2D eigenvalue weighted by Crippen LogP contribution is -2.49. The van der Waals surface area contributed by atoms with Gasteiger partial charge in [-0.05, 0) is 37.5 Å². The first-order chi connectivity index (χ1) is 14.2. The summed E-state index contributed by atoms with van der Waals surface area (Å²) in [7, 11) is -3.34. The number of nitrogens with zero attached hydrogens (tertiary/aromatic N) is 2. The summed E-state index contributed by atoms with van der Waals surface area (Å²) in [5, 5.41) is 0. The van der Waals surface area contributed by atoms with Gasteiger partial charge in [-0.25, -0.2) is 21.9 Å². The van der Waals surface area contributed by atoms with Crippen molar-refractivity contribution in [1.29, 1.82) is 0 Å². The van der Waals surface area contributed by atoms with Crippen molar-refractivity contribution in [3.8, 4) is 11.1 Å². The van der Waals surface area contributed by atoms with E-state index in [-0.39, 0.29) is 29.3 Å². The topological polar surface area (TPSA) is 79.4 Å². The highest BCUT2D eigenvalue weighted by molar-refractivity contribution is 7.88. The van der Waals surface area contributed by atoms with E-state index in [0.29, 0.717) is 43.6 Å². The van der Waals surface area contributed by atoms with E-state index < -0.39 is 21.7 Å². The van der Waals surface area contributed by atoms with Gasteiger partial charge in [-0.2, -0.15) is 0 Å². The number of piperidine rings is 1. The van der Waals surface area contributed by atoms with Crippen molar-refractivity contribution in [2.45, 2.75) is 31.2 Å². The fourth-order valence-electron chi connectivity index (χ4n) is 4.26. The van der Waals surface area contributed by atoms with Crippen molar-refractivity contribution in [3.05, 3.63) is 53.9 Å². The highest BCUT2D eigenvalue weighted by Crippen LogP contribution is 2.50. The first kappa shape index (κ1) is 20.9. The van der Waals surface area contributed by atoms with Crippen molar-refractivity contribution in [2.24, 2.45) is 5.92 Å². The molecule has 1 aromatic heterocycles. The van der Waals surface area contributed by atoms with Gasteiger partial charge in [0.25, 0.3) is 0 Å². The quantitative estimate of drug-likeness (QED) is 0.783. The molecule has 1 aliphatic heterocycles. The monoisotopic (exact) mass is 435 g/mol. The van der Waals surface area contributed by atoms with Crippen molar-refractivity contribution < 1.29 is 22.0 Å². The van der Waals surface area contributed by atoms with Crippen LogP contribution < -0.4 is 4.72 Å². The van der Waals surface area contributed by atoms with Gasteiger partial charge in [-0.3, -0.25) is 9.78 Å². The molecule has 160 valence electrons. The molecule has 1 amide bonds. The summed E-state index contributed by atoms with van der Waals surface area (Å²) < 4.78 is 54.2. The molecule has 2 aliphatic rings. The van der Waals surface area contributed by atoms with Crippen LogP contribution >= 0.6 is 0 Å². The maximum atomic E-state index is 14.3. The van der Waals surface area contributed by atoms with Crippen LogP contribution in [0.2, 0.25) is 0 Å². The largest absolute Gasteiger partial charge is 0.341 e. The molecule has 2 aromatic rings. The number of likely N-dealkylation sites (tertiary alicyclic amines) is 1. The molecule has 0 spiro atoms. The van der Waals surface area contributed by atoms with Crippen LogP contribution in [0.1, 0.15) is 30.9 Å². The third-order valence-corrected chi connectivity index (χ3v) is 6.40. The van der Waals surface area contributed by atoms with Gasteiger partial charge in [-0.15, -0.1) is 0 Å². The Kier molecular flexibility index (Phi) is 5.59. The van der Waals surface area contributed by atoms with Gasteiger partial charge >= 0.3 is 0 Å². The summed E-state index contributed by atoms with van der Waals surface area (Å²) in [5.41, 5.74) is 0.750. The summed E-state index contributed by atoms with van der Waals surface area (Å²) in [5.74, 6) is -1.93. The molecular weight excluding hydrogens is 412 g/mol. The molecule has 0 radical (unpaired) electrons.